The van der Waals surface area contributed by atoms with E-state index in [-0.39, 0.29) is 5.75 Å². The summed E-state index contributed by atoms with van der Waals surface area (Å²) in [5.41, 5.74) is 1.66. The summed E-state index contributed by atoms with van der Waals surface area (Å²) in [6.45, 7) is 1.54. The van der Waals surface area contributed by atoms with Crippen molar-refractivity contribution in [1.82, 2.24) is 9.66 Å². The van der Waals surface area contributed by atoms with Gasteiger partial charge in [0.2, 0.25) is 0 Å². The Kier molecular flexibility index (Phi) is 6.33. The molecule has 0 aliphatic carbocycles. The van der Waals surface area contributed by atoms with Crippen molar-refractivity contribution in [3.63, 3.8) is 0 Å². The third kappa shape index (κ3) is 6.24. The zero-order chi connectivity index (χ0) is 20.7. The molecule has 0 saturated heterocycles. The summed E-state index contributed by atoms with van der Waals surface area (Å²) < 4.78 is 34.0. The van der Waals surface area contributed by atoms with Crippen LogP contribution in [0.15, 0.2) is 67.3 Å². The van der Waals surface area contributed by atoms with Crippen LogP contribution in [-0.4, -0.2) is 31.2 Å². The largest absolute Gasteiger partial charge is 0.492 e. The van der Waals surface area contributed by atoms with E-state index in [4.69, 9.17) is 15.1 Å². The van der Waals surface area contributed by atoms with Gasteiger partial charge in [-0.1, -0.05) is 12.1 Å². The Morgan fingerprint density at radius 3 is 2.38 bits per heavy atom. The van der Waals surface area contributed by atoms with Crippen molar-refractivity contribution in [3.8, 4) is 17.6 Å². The normalized spacial score (nSPS) is 10.9. The quantitative estimate of drug-likeness (QED) is 0.564. The monoisotopic (exact) mass is 413 g/mol. The zero-order valence-electron chi connectivity index (χ0n) is 15.4. The SMILES string of the molecule is N#Cc1ccc(CN(CCOc2ccc(OS(N)(=O)=O)cc2)n2ccnc2)cc1. The molecule has 1 heterocycles. The number of benzene rings is 2. The Hall–Kier alpha value is -3.55. The van der Waals surface area contributed by atoms with Crippen LogP contribution in [-0.2, 0) is 16.8 Å². The van der Waals surface area contributed by atoms with Crippen molar-refractivity contribution in [3.05, 3.63) is 78.4 Å². The molecule has 0 amide bonds. The summed E-state index contributed by atoms with van der Waals surface area (Å²) in [6.07, 6.45) is 5.23. The summed E-state index contributed by atoms with van der Waals surface area (Å²) in [5.74, 6) is 0.677. The average Bonchev–Trinajstić information content (AvgIpc) is 3.23. The van der Waals surface area contributed by atoms with Crippen LogP contribution in [0.5, 0.6) is 11.5 Å². The zero-order valence-corrected chi connectivity index (χ0v) is 16.2. The van der Waals surface area contributed by atoms with E-state index in [0.29, 0.717) is 31.0 Å². The Morgan fingerprint density at radius 2 is 1.79 bits per heavy atom. The fourth-order valence-corrected chi connectivity index (χ4v) is 2.96. The molecule has 1 aromatic heterocycles. The van der Waals surface area contributed by atoms with Gasteiger partial charge in [-0.15, -0.1) is 0 Å². The summed E-state index contributed by atoms with van der Waals surface area (Å²) in [4.78, 5) is 4.08. The van der Waals surface area contributed by atoms with Crippen LogP contribution in [0.25, 0.3) is 0 Å². The fourth-order valence-electron chi connectivity index (χ4n) is 2.59. The summed E-state index contributed by atoms with van der Waals surface area (Å²) in [7, 11) is -4.05. The van der Waals surface area contributed by atoms with Crippen molar-refractivity contribution in [2.75, 3.05) is 18.2 Å². The minimum Gasteiger partial charge on any atom is -0.492 e. The smallest absolute Gasteiger partial charge is 0.380 e. The number of ether oxygens (including phenoxy) is 1. The van der Waals surface area contributed by atoms with Gasteiger partial charge in [0, 0.05) is 12.4 Å². The molecule has 0 atom stereocenters. The first-order chi connectivity index (χ1) is 13.9. The topological polar surface area (TPSA) is 123 Å². The molecule has 0 aliphatic heterocycles. The second-order valence-corrected chi connectivity index (χ2v) is 7.19. The van der Waals surface area contributed by atoms with E-state index in [1.807, 2.05) is 28.0 Å². The lowest BCUT2D eigenvalue weighted by Crippen LogP contribution is -2.36. The summed E-state index contributed by atoms with van der Waals surface area (Å²) >= 11 is 0. The lowest BCUT2D eigenvalue weighted by atomic mass is 10.1. The Bertz CT molecular complexity index is 1060. The second kappa shape index (κ2) is 9.09. The number of hydrogen-bond acceptors (Lipinski definition) is 7. The number of nitrogens with two attached hydrogens (primary N) is 1. The lowest BCUT2D eigenvalue weighted by molar-refractivity contribution is 0.311. The molecule has 150 valence electrons. The van der Waals surface area contributed by atoms with E-state index in [1.165, 1.54) is 12.1 Å². The highest BCUT2D eigenvalue weighted by molar-refractivity contribution is 7.84. The van der Waals surface area contributed by atoms with Gasteiger partial charge in [-0.05, 0) is 42.0 Å². The predicted molar refractivity (Wildman–Crippen MR) is 106 cm³/mol. The number of aromatic nitrogens is 2. The van der Waals surface area contributed by atoms with Gasteiger partial charge in [-0.2, -0.15) is 18.8 Å². The van der Waals surface area contributed by atoms with E-state index in [0.717, 1.165) is 5.56 Å². The van der Waals surface area contributed by atoms with Crippen LogP contribution < -0.4 is 19.1 Å². The van der Waals surface area contributed by atoms with Gasteiger partial charge >= 0.3 is 10.3 Å². The van der Waals surface area contributed by atoms with Crippen molar-refractivity contribution in [2.24, 2.45) is 5.14 Å². The van der Waals surface area contributed by atoms with Crippen molar-refractivity contribution in [2.45, 2.75) is 6.54 Å². The van der Waals surface area contributed by atoms with Gasteiger partial charge in [0.15, 0.2) is 0 Å². The molecule has 0 unspecified atom stereocenters. The number of nitrogens with zero attached hydrogens (tertiary/aromatic N) is 4. The van der Waals surface area contributed by atoms with Gasteiger partial charge < -0.3 is 13.9 Å². The Morgan fingerprint density at radius 1 is 1.10 bits per heavy atom. The molecule has 0 bridgehead atoms. The minimum atomic E-state index is -4.05. The maximum atomic E-state index is 10.9. The number of nitriles is 1. The van der Waals surface area contributed by atoms with E-state index in [9.17, 15) is 8.42 Å². The van der Waals surface area contributed by atoms with E-state index in [1.54, 1.807) is 36.8 Å². The minimum absolute atomic E-state index is 0.112. The molecular weight excluding hydrogens is 394 g/mol. The number of hydrogen-bond donors (Lipinski definition) is 1. The highest BCUT2D eigenvalue weighted by Gasteiger charge is 2.08. The molecule has 9 nitrogen and oxygen atoms in total. The molecule has 3 rings (SSSR count). The van der Waals surface area contributed by atoms with Gasteiger partial charge in [-0.3, -0.25) is 4.68 Å². The van der Waals surface area contributed by atoms with E-state index in [2.05, 4.69) is 15.2 Å². The molecular formula is C19H19N5O4S. The van der Waals surface area contributed by atoms with Crippen LogP contribution in [0.3, 0.4) is 0 Å². The number of rotatable bonds is 9. The molecule has 3 aromatic rings. The molecule has 0 spiro atoms. The molecule has 0 fully saturated rings. The highest BCUT2D eigenvalue weighted by Crippen LogP contribution is 2.18. The van der Waals surface area contributed by atoms with Crippen molar-refractivity contribution in [1.29, 1.82) is 5.26 Å². The van der Waals surface area contributed by atoms with Gasteiger partial charge in [0.05, 0.1) is 24.7 Å². The highest BCUT2D eigenvalue weighted by atomic mass is 32.2. The first-order valence-corrected chi connectivity index (χ1v) is 10.1. The summed E-state index contributed by atoms with van der Waals surface area (Å²) in [6, 6.07) is 15.6. The van der Waals surface area contributed by atoms with Crippen LogP contribution >= 0.6 is 0 Å². The van der Waals surface area contributed by atoms with Gasteiger partial charge in [-0.25, -0.2) is 4.98 Å². The van der Waals surface area contributed by atoms with Crippen molar-refractivity contribution >= 4 is 10.3 Å². The van der Waals surface area contributed by atoms with Gasteiger partial charge in [0.1, 0.15) is 24.4 Å². The lowest BCUT2D eigenvalue weighted by Gasteiger charge is -2.25. The predicted octanol–water partition coefficient (Wildman–Crippen LogP) is 1.55. The molecule has 0 saturated carbocycles. The van der Waals surface area contributed by atoms with E-state index < -0.39 is 10.3 Å². The van der Waals surface area contributed by atoms with E-state index >= 15 is 0 Å². The maximum Gasteiger partial charge on any atom is 0.380 e. The molecule has 0 aliphatic rings. The molecule has 2 N–H and O–H groups in total. The fraction of sp³-hybridized carbons (Fsp3) is 0.158. The Balaban J connectivity index is 1.59. The van der Waals surface area contributed by atoms with Crippen LogP contribution in [0.4, 0.5) is 0 Å². The molecule has 10 heteroatoms. The van der Waals surface area contributed by atoms with Crippen LogP contribution in [0.1, 0.15) is 11.1 Å². The maximum absolute atomic E-state index is 10.9. The van der Waals surface area contributed by atoms with Crippen molar-refractivity contribution < 1.29 is 17.3 Å². The number of imidazole rings is 1. The second-order valence-electron chi connectivity index (χ2n) is 6.04. The third-order valence-electron chi connectivity index (χ3n) is 3.92. The summed E-state index contributed by atoms with van der Waals surface area (Å²) in [5, 5.41) is 15.8. The van der Waals surface area contributed by atoms with Crippen LogP contribution in [0, 0.1) is 11.3 Å². The first-order valence-electron chi connectivity index (χ1n) is 8.60. The first kappa shape index (κ1) is 20.2. The van der Waals surface area contributed by atoms with Gasteiger partial charge in [0.25, 0.3) is 0 Å². The standard InChI is InChI=1S/C19H19N5O4S/c20-13-16-1-3-17(4-2-16)14-23(24-10-9-22-15-24)11-12-27-18-5-7-19(8-6-18)28-29(21,25)26/h1-10,15H,11-12,14H2,(H2,21,25,26). The average molecular weight is 413 g/mol. The molecule has 29 heavy (non-hydrogen) atoms. The Labute approximate surface area is 168 Å². The van der Waals surface area contributed by atoms with Crippen LogP contribution in [0.2, 0.25) is 0 Å². The molecule has 2 aromatic carbocycles. The third-order valence-corrected chi connectivity index (χ3v) is 4.34. The molecule has 0 radical (unpaired) electrons.